The average molecular weight is 585 g/mol. The van der Waals surface area contributed by atoms with Crippen LogP contribution < -0.4 is 0 Å². The minimum atomic E-state index is -0.573. The van der Waals surface area contributed by atoms with Crippen molar-refractivity contribution in [3.05, 3.63) is 190 Å². The minimum absolute atomic E-state index is 0.164. The van der Waals surface area contributed by atoms with Crippen molar-refractivity contribution in [3.8, 4) is 22.3 Å². The largest absolute Gasteiger partial charge is 0.457 e. The lowest BCUT2D eigenvalue weighted by Crippen LogP contribution is -2.26. The molecule has 0 unspecified atom stereocenters. The van der Waals surface area contributed by atoms with Crippen LogP contribution in [0.5, 0.6) is 0 Å². The maximum atomic E-state index is 12.8. The van der Waals surface area contributed by atoms with Gasteiger partial charge in [0.25, 0.3) is 0 Å². The molecule has 0 radical (unpaired) electrons. The first-order valence-electron chi connectivity index (χ1n) is 15.1. The average Bonchev–Trinajstić information content (AvgIpc) is 3.57. The van der Waals surface area contributed by atoms with Gasteiger partial charge in [-0.15, -0.1) is 0 Å². The molecule has 2 aliphatic rings. The summed E-state index contributed by atoms with van der Waals surface area (Å²) in [5.74, 6) is -0.694. The summed E-state index contributed by atoms with van der Waals surface area (Å²) in [5, 5.41) is 0. The van der Waals surface area contributed by atoms with Gasteiger partial charge in [-0.3, -0.25) is 0 Å². The molecule has 4 heteroatoms. The molecule has 0 fully saturated rings. The monoisotopic (exact) mass is 584 g/mol. The number of hydrogen-bond acceptors (Lipinski definition) is 4. The van der Waals surface area contributed by atoms with E-state index in [0.717, 1.165) is 33.4 Å². The van der Waals surface area contributed by atoms with Gasteiger partial charge in [-0.1, -0.05) is 121 Å². The Balaban J connectivity index is 1.23. The zero-order valence-electron chi connectivity index (χ0n) is 24.4. The van der Waals surface area contributed by atoms with Gasteiger partial charge >= 0.3 is 11.9 Å². The van der Waals surface area contributed by atoms with Gasteiger partial charge in [0.15, 0.2) is 0 Å². The van der Waals surface area contributed by atoms with Gasteiger partial charge in [0.1, 0.15) is 13.2 Å². The van der Waals surface area contributed by atoms with E-state index >= 15 is 0 Å². The molecule has 216 valence electrons. The highest BCUT2D eigenvalue weighted by Crippen LogP contribution is 2.62. The van der Waals surface area contributed by atoms with Crippen molar-refractivity contribution < 1.29 is 19.1 Å². The molecule has 0 aliphatic heterocycles. The molecule has 0 N–H and O–H groups in total. The van der Waals surface area contributed by atoms with E-state index in [0.29, 0.717) is 11.1 Å². The molecule has 1 spiro atoms. The Labute approximate surface area is 261 Å². The van der Waals surface area contributed by atoms with Gasteiger partial charge in [0.05, 0.1) is 16.5 Å². The summed E-state index contributed by atoms with van der Waals surface area (Å²) < 4.78 is 11.5. The van der Waals surface area contributed by atoms with Crippen LogP contribution in [0, 0.1) is 0 Å². The van der Waals surface area contributed by atoms with Crippen molar-refractivity contribution in [2.24, 2.45) is 0 Å². The van der Waals surface area contributed by atoms with Gasteiger partial charge in [-0.25, -0.2) is 9.59 Å². The van der Waals surface area contributed by atoms with Gasteiger partial charge < -0.3 is 9.47 Å². The zero-order chi connectivity index (χ0) is 30.4. The second kappa shape index (κ2) is 10.8. The molecule has 0 saturated heterocycles. The smallest absolute Gasteiger partial charge is 0.338 e. The SMILES string of the molecule is O=C(OCc1ccc2c(c1)C1(c3ccccc3-2)c2ccccc2-c2ccc(COC(=O)c3ccccc3)cc21)c1ccccc1. The summed E-state index contributed by atoms with van der Waals surface area (Å²) in [4.78, 5) is 25.6. The van der Waals surface area contributed by atoms with E-state index in [1.165, 1.54) is 22.3 Å². The summed E-state index contributed by atoms with van der Waals surface area (Å²) in [6.07, 6.45) is 0. The molecule has 0 saturated carbocycles. The van der Waals surface area contributed by atoms with E-state index in [4.69, 9.17) is 9.47 Å². The van der Waals surface area contributed by atoms with Crippen LogP contribution >= 0.6 is 0 Å². The van der Waals surface area contributed by atoms with Crippen LogP contribution in [0.1, 0.15) is 54.1 Å². The highest BCUT2D eigenvalue weighted by Gasteiger charge is 2.51. The first kappa shape index (κ1) is 26.9. The number of ether oxygens (including phenoxy) is 2. The molecule has 0 atom stereocenters. The lowest BCUT2D eigenvalue weighted by Gasteiger charge is -2.31. The predicted molar refractivity (Wildman–Crippen MR) is 174 cm³/mol. The van der Waals surface area contributed by atoms with Crippen LogP contribution in [0.15, 0.2) is 146 Å². The third-order valence-corrected chi connectivity index (χ3v) is 8.98. The summed E-state index contributed by atoms with van der Waals surface area (Å²) in [6, 6.07) is 48.1. The normalized spacial score (nSPS) is 13.0. The number of benzene rings is 6. The second-order valence-electron chi connectivity index (χ2n) is 11.5. The van der Waals surface area contributed by atoms with E-state index in [1.807, 2.05) is 48.5 Å². The third kappa shape index (κ3) is 4.29. The van der Waals surface area contributed by atoms with Crippen molar-refractivity contribution in [3.63, 3.8) is 0 Å². The topological polar surface area (TPSA) is 52.6 Å². The maximum Gasteiger partial charge on any atom is 0.338 e. The Hall–Kier alpha value is -5.74. The number of rotatable bonds is 6. The molecule has 6 aromatic rings. The molecule has 8 rings (SSSR count). The zero-order valence-corrected chi connectivity index (χ0v) is 24.4. The molecule has 45 heavy (non-hydrogen) atoms. The molecule has 2 aliphatic carbocycles. The predicted octanol–water partition coefficient (Wildman–Crippen LogP) is 8.74. The number of esters is 2. The van der Waals surface area contributed by atoms with Crippen LogP contribution in [0.4, 0.5) is 0 Å². The van der Waals surface area contributed by atoms with Crippen LogP contribution in [-0.2, 0) is 28.1 Å². The van der Waals surface area contributed by atoms with E-state index in [-0.39, 0.29) is 25.2 Å². The van der Waals surface area contributed by atoms with Crippen LogP contribution in [0.2, 0.25) is 0 Å². The highest BCUT2D eigenvalue weighted by atomic mass is 16.5. The minimum Gasteiger partial charge on any atom is -0.457 e. The van der Waals surface area contributed by atoms with Gasteiger partial charge in [-0.05, 0) is 79.9 Å². The van der Waals surface area contributed by atoms with Crippen LogP contribution in [0.3, 0.4) is 0 Å². The van der Waals surface area contributed by atoms with Crippen molar-refractivity contribution >= 4 is 11.9 Å². The lowest BCUT2D eigenvalue weighted by atomic mass is 9.70. The van der Waals surface area contributed by atoms with Gasteiger partial charge in [0.2, 0.25) is 0 Å². The van der Waals surface area contributed by atoms with Crippen molar-refractivity contribution in [1.82, 2.24) is 0 Å². The fourth-order valence-electron chi connectivity index (χ4n) is 7.03. The van der Waals surface area contributed by atoms with Crippen molar-refractivity contribution in [2.75, 3.05) is 0 Å². The van der Waals surface area contributed by atoms with E-state index < -0.39 is 5.41 Å². The van der Waals surface area contributed by atoms with Gasteiger partial charge in [0, 0.05) is 0 Å². The summed E-state index contributed by atoms with van der Waals surface area (Å²) in [5.41, 5.74) is 11.7. The molecule has 0 bridgehead atoms. The fraction of sp³-hybridized carbons (Fsp3) is 0.0732. The first-order chi connectivity index (χ1) is 22.1. The Morgan fingerprint density at radius 2 is 0.800 bits per heavy atom. The number of carbonyl (C=O) groups excluding carboxylic acids is 2. The summed E-state index contributed by atoms with van der Waals surface area (Å²) in [7, 11) is 0. The quantitative estimate of drug-likeness (QED) is 0.183. The molecule has 0 aromatic heterocycles. The Morgan fingerprint density at radius 1 is 0.422 bits per heavy atom. The summed E-state index contributed by atoms with van der Waals surface area (Å²) in [6.45, 7) is 0.328. The Kier molecular flexibility index (Phi) is 6.42. The highest BCUT2D eigenvalue weighted by molar-refractivity contribution is 5.95. The molecule has 6 aromatic carbocycles. The molecule has 0 heterocycles. The van der Waals surface area contributed by atoms with E-state index in [9.17, 15) is 9.59 Å². The molecular weight excluding hydrogens is 556 g/mol. The standard InChI is InChI=1S/C41H28O4/c42-39(29-11-3-1-4-12-29)44-25-27-19-21-33-31-15-7-9-17-35(31)41(37(33)23-27)36-18-10-8-16-32(36)34-22-20-28(24-38(34)41)26-45-40(43)30-13-5-2-6-14-30/h1-24H,25-26H2. The van der Waals surface area contributed by atoms with Crippen molar-refractivity contribution in [1.29, 1.82) is 0 Å². The Morgan fingerprint density at radius 3 is 1.24 bits per heavy atom. The van der Waals surface area contributed by atoms with Gasteiger partial charge in [-0.2, -0.15) is 0 Å². The van der Waals surface area contributed by atoms with Crippen molar-refractivity contribution in [2.45, 2.75) is 18.6 Å². The lowest BCUT2D eigenvalue weighted by molar-refractivity contribution is 0.0464. The van der Waals surface area contributed by atoms with Crippen LogP contribution in [-0.4, -0.2) is 11.9 Å². The number of fused-ring (bicyclic) bond motifs is 10. The number of hydrogen-bond donors (Lipinski definition) is 0. The van der Waals surface area contributed by atoms with E-state index in [1.54, 1.807) is 24.3 Å². The fourth-order valence-corrected chi connectivity index (χ4v) is 7.03. The molecule has 0 amide bonds. The maximum absolute atomic E-state index is 12.8. The molecular formula is C41H28O4. The van der Waals surface area contributed by atoms with Crippen LogP contribution in [0.25, 0.3) is 22.3 Å². The second-order valence-corrected chi connectivity index (χ2v) is 11.5. The third-order valence-electron chi connectivity index (χ3n) is 8.98. The first-order valence-corrected chi connectivity index (χ1v) is 15.1. The van der Waals surface area contributed by atoms with E-state index in [2.05, 4.69) is 72.8 Å². The summed E-state index contributed by atoms with van der Waals surface area (Å²) >= 11 is 0. The molecule has 4 nitrogen and oxygen atoms in total. The Bertz CT molecular complexity index is 1940. The number of carbonyl (C=O) groups is 2.